The number of fused-ring (bicyclic) bond motifs is 1. The van der Waals surface area contributed by atoms with Crippen LogP contribution in [0.25, 0.3) is 0 Å². The molecule has 0 saturated heterocycles. The van der Waals surface area contributed by atoms with Gasteiger partial charge in [0.05, 0.1) is 5.56 Å². The third kappa shape index (κ3) is 3.46. The van der Waals surface area contributed by atoms with E-state index in [4.69, 9.17) is 14.7 Å². The van der Waals surface area contributed by atoms with Gasteiger partial charge in [-0.15, -0.1) is 0 Å². The van der Waals surface area contributed by atoms with Gasteiger partial charge in [0.25, 0.3) is 5.91 Å². The molecule has 1 aromatic heterocycles. The molecule has 0 unspecified atom stereocenters. The zero-order chi connectivity index (χ0) is 17.2. The van der Waals surface area contributed by atoms with Crippen molar-refractivity contribution in [3.05, 3.63) is 47.7 Å². The Hall–Kier alpha value is -3.07. The molecule has 1 aromatic carbocycles. The number of anilines is 1. The molecule has 0 bridgehead atoms. The summed E-state index contributed by atoms with van der Waals surface area (Å²) in [6, 6.07) is 10.8. The minimum absolute atomic E-state index is 0.151. The third-order valence-electron chi connectivity index (χ3n) is 3.57. The number of para-hydroxylation sites is 1. The highest BCUT2D eigenvalue weighted by Gasteiger charge is 2.32. The second-order valence-corrected chi connectivity index (χ2v) is 6.16. The number of hydrogen-bond donors (Lipinski definition) is 1. The first-order valence-corrected chi connectivity index (χ1v) is 7.56. The molecule has 0 aliphatic carbocycles. The fourth-order valence-corrected chi connectivity index (χ4v) is 2.56. The van der Waals surface area contributed by atoms with Gasteiger partial charge in [0.15, 0.2) is 18.1 Å². The van der Waals surface area contributed by atoms with E-state index in [9.17, 15) is 4.79 Å². The highest BCUT2D eigenvalue weighted by molar-refractivity contribution is 5.91. The van der Waals surface area contributed by atoms with Gasteiger partial charge in [-0.25, -0.2) is 4.98 Å². The van der Waals surface area contributed by atoms with Gasteiger partial charge in [-0.1, -0.05) is 12.1 Å². The number of rotatable bonds is 4. The van der Waals surface area contributed by atoms with Crippen molar-refractivity contribution in [1.82, 2.24) is 4.98 Å². The van der Waals surface area contributed by atoms with Crippen molar-refractivity contribution in [2.24, 2.45) is 0 Å². The lowest BCUT2D eigenvalue weighted by Crippen LogP contribution is -2.25. The topological polar surface area (TPSA) is 84.2 Å². The monoisotopic (exact) mass is 323 g/mol. The third-order valence-corrected chi connectivity index (χ3v) is 3.57. The largest absolute Gasteiger partial charge is 0.483 e. The number of aromatic nitrogens is 1. The molecular weight excluding hydrogens is 306 g/mol. The van der Waals surface area contributed by atoms with Crippen molar-refractivity contribution in [2.45, 2.75) is 25.9 Å². The number of amides is 1. The molecule has 2 heterocycles. The predicted octanol–water partition coefficient (Wildman–Crippen LogP) is 2.68. The number of nitriles is 1. The number of carbonyl (C=O) groups is 1. The van der Waals surface area contributed by atoms with E-state index in [-0.39, 0.29) is 18.1 Å². The fourth-order valence-electron chi connectivity index (χ4n) is 2.56. The highest BCUT2D eigenvalue weighted by Crippen LogP contribution is 2.41. The van der Waals surface area contributed by atoms with Crippen LogP contribution in [0, 0.1) is 11.3 Å². The Morgan fingerprint density at radius 1 is 1.42 bits per heavy atom. The van der Waals surface area contributed by atoms with Gasteiger partial charge in [0, 0.05) is 18.2 Å². The van der Waals surface area contributed by atoms with E-state index in [1.165, 1.54) is 6.20 Å². The Bertz CT molecular complexity index is 807. The van der Waals surface area contributed by atoms with Crippen molar-refractivity contribution in [2.75, 3.05) is 11.9 Å². The number of nitrogens with one attached hydrogen (secondary N) is 1. The maximum Gasteiger partial charge on any atom is 0.263 e. The highest BCUT2D eigenvalue weighted by atomic mass is 16.5. The van der Waals surface area contributed by atoms with Crippen LogP contribution in [-0.2, 0) is 11.2 Å². The van der Waals surface area contributed by atoms with E-state index >= 15 is 0 Å². The van der Waals surface area contributed by atoms with Crippen LogP contribution in [0.3, 0.4) is 0 Å². The maximum atomic E-state index is 12.0. The summed E-state index contributed by atoms with van der Waals surface area (Å²) in [5.74, 6) is 1.30. The number of pyridine rings is 1. The number of carbonyl (C=O) groups excluding carboxylic acids is 1. The lowest BCUT2D eigenvalue weighted by Gasteiger charge is -2.18. The smallest absolute Gasteiger partial charge is 0.263 e. The van der Waals surface area contributed by atoms with E-state index < -0.39 is 0 Å². The molecular formula is C18H17N3O3. The van der Waals surface area contributed by atoms with E-state index in [2.05, 4.69) is 10.3 Å². The number of benzene rings is 1. The Morgan fingerprint density at radius 2 is 2.25 bits per heavy atom. The van der Waals surface area contributed by atoms with Crippen LogP contribution in [0.15, 0.2) is 36.5 Å². The average Bonchev–Trinajstić information content (AvgIpc) is 2.88. The summed E-state index contributed by atoms with van der Waals surface area (Å²) < 4.78 is 11.5. The maximum absolute atomic E-state index is 12.0. The molecule has 1 N–H and O–H groups in total. The first-order chi connectivity index (χ1) is 11.5. The molecule has 0 spiro atoms. The van der Waals surface area contributed by atoms with Gasteiger partial charge in [-0.3, -0.25) is 4.79 Å². The second kappa shape index (κ2) is 6.20. The first kappa shape index (κ1) is 15.8. The minimum Gasteiger partial charge on any atom is -0.483 e. The van der Waals surface area contributed by atoms with Crippen LogP contribution < -0.4 is 14.8 Å². The molecule has 1 aliphatic rings. The molecule has 0 radical (unpaired) electrons. The van der Waals surface area contributed by atoms with Gasteiger partial charge in [-0.2, -0.15) is 5.26 Å². The van der Waals surface area contributed by atoms with Gasteiger partial charge in [0.1, 0.15) is 17.5 Å². The van der Waals surface area contributed by atoms with E-state index in [0.717, 1.165) is 12.0 Å². The first-order valence-electron chi connectivity index (χ1n) is 7.56. The molecule has 122 valence electrons. The Morgan fingerprint density at radius 3 is 2.96 bits per heavy atom. The molecule has 6 heteroatoms. The SMILES string of the molecule is CC1(C)Cc2cccc(OCC(=O)Nc3ccc(C#N)cn3)c2O1. The number of nitrogens with zero attached hydrogens (tertiary/aromatic N) is 2. The number of ether oxygens (including phenoxy) is 2. The zero-order valence-corrected chi connectivity index (χ0v) is 13.5. The van der Waals surface area contributed by atoms with Gasteiger partial charge >= 0.3 is 0 Å². The zero-order valence-electron chi connectivity index (χ0n) is 13.5. The van der Waals surface area contributed by atoms with Gasteiger partial charge in [0.2, 0.25) is 0 Å². The fraction of sp³-hybridized carbons (Fsp3) is 0.278. The molecule has 2 aromatic rings. The van der Waals surface area contributed by atoms with Crippen molar-refractivity contribution in [3.8, 4) is 17.6 Å². The summed E-state index contributed by atoms with van der Waals surface area (Å²) in [5, 5.41) is 11.3. The van der Waals surface area contributed by atoms with Gasteiger partial charge in [-0.05, 0) is 32.0 Å². The predicted molar refractivity (Wildman–Crippen MR) is 87.9 cm³/mol. The normalized spacial score (nSPS) is 14.2. The molecule has 24 heavy (non-hydrogen) atoms. The average molecular weight is 323 g/mol. The summed E-state index contributed by atoms with van der Waals surface area (Å²) >= 11 is 0. The van der Waals surface area contributed by atoms with Crippen molar-refractivity contribution < 1.29 is 14.3 Å². The Balaban J connectivity index is 1.61. The van der Waals surface area contributed by atoms with Crippen molar-refractivity contribution in [1.29, 1.82) is 5.26 Å². The standard InChI is InChI=1S/C18H17N3O3/c1-18(2)8-13-4-3-5-14(17(13)24-18)23-11-16(22)21-15-7-6-12(9-19)10-20-15/h3-7,10H,8,11H2,1-2H3,(H,20,21,22). The molecule has 0 saturated carbocycles. The Labute approximate surface area is 140 Å². The van der Waals surface area contributed by atoms with E-state index in [0.29, 0.717) is 22.9 Å². The summed E-state index contributed by atoms with van der Waals surface area (Å²) in [7, 11) is 0. The van der Waals surface area contributed by atoms with Crippen LogP contribution >= 0.6 is 0 Å². The van der Waals surface area contributed by atoms with Gasteiger partial charge < -0.3 is 14.8 Å². The minimum atomic E-state index is -0.331. The quantitative estimate of drug-likeness (QED) is 0.935. The molecule has 3 rings (SSSR count). The van der Waals surface area contributed by atoms with Crippen LogP contribution in [0.5, 0.6) is 11.5 Å². The van der Waals surface area contributed by atoms with Crippen molar-refractivity contribution in [3.63, 3.8) is 0 Å². The van der Waals surface area contributed by atoms with Crippen LogP contribution in [0.2, 0.25) is 0 Å². The lowest BCUT2D eigenvalue weighted by molar-refractivity contribution is -0.118. The second-order valence-electron chi connectivity index (χ2n) is 6.16. The van der Waals surface area contributed by atoms with Crippen molar-refractivity contribution >= 4 is 11.7 Å². The number of hydrogen-bond acceptors (Lipinski definition) is 5. The van der Waals surface area contributed by atoms with E-state index in [1.54, 1.807) is 18.2 Å². The van der Waals surface area contributed by atoms with Crippen LogP contribution in [-0.4, -0.2) is 23.1 Å². The molecule has 0 atom stereocenters. The van der Waals surface area contributed by atoms with Crippen LogP contribution in [0.1, 0.15) is 25.0 Å². The summed E-state index contributed by atoms with van der Waals surface area (Å²) in [4.78, 5) is 16.0. The lowest BCUT2D eigenvalue weighted by atomic mass is 10.0. The summed E-state index contributed by atoms with van der Waals surface area (Å²) in [6.45, 7) is 3.88. The summed E-state index contributed by atoms with van der Waals surface area (Å²) in [6.07, 6.45) is 2.21. The molecule has 6 nitrogen and oxygen atoms in total. The Kier molecular flexibility index (Phi) is 4.09. The molecule has 0 fully saturated rings. The summed E-state index contributed by atoms with van der Waals surface area (Å²) in [5.41, 5.74) is 1.24. The van der Waals surface area contributed by atoms with Crippen LogP contribution in [0.4, 0.5) is 5.82 Å². The molecule has 1 aliphatic heterocycles. The van der Waals surface area contributed by atoms with E-state index in [1.807, 2.05) is 32.0 Å². The molecule has 1 amide bonds.